The molecule has 0 saturated carbocycles. The average Bonchev–Trinajstić information content (AvgIpc) is 2.92. The lowest BCUT2D eigenvalue weighted by Crippen LogP contribution is -2.20. The van der Waals surface area contributed by atoms with Crippen molar-refractivity contribution in [3.8, 4) is 51.7 Å². The molecule has 0 bridgehead atoms. The van der Waals surface area contributed by atoms with Gasteiger partial charge in [-0.3, -0.25) is 9.59 Å². The molecule has 1 heterocycles. The van der Waals surface area contributed by atoms with Gasteiger partial charge in [0.05, 0.1) is 13.5 Å². The quantitative estimate of drug-likeness (QED) is 0.155. The molecular weight excluding hydrogens is 548 g/mol. The number of ether oxygens (including phenoxy) is 2. The third-order valence-electron chi connectivity index (χ3n) is 6.50. The van der Waals surface area contributed by atoms with E-state index in [9.17, 15) is 40.2 Å². The Balaban J connectivity index is 0.000000194. The number of hydrogen-bond acceptors (Lipinski definition) is 11. The fourth-order valence-corrected chi connectivity index (χ4v) is 4.45. The van der Waals surface area contributed by atoms with Gasteiger partial charge >= 0.3 is 0 Å². The number of aromatic hydroxyl groups is 7. The first-order chi connectivity index (χ1) is 20.0. The second-order valence-electron chi connectivity index (χ2n) is 9.45. The first kappa shape index (κ1) is 29.4. The normalized spacial score (nSPS) is 13.7. The van der Waals surface area contributed by atoms with Crippen LogP contribution < -0.4 is 9.47 Å². The largest absolute Gasteiger partial charge is 0.508 e. The van der Waals surface area contributed by atoms with Crippen LogP contribution in [0.15, 0.2) is 66.7 Å². The van der Waals surface area contributed by atoms with Gasteiger partial charge in [0.25, 0.3) is 0 Å². The second-order valence-corrected chi connectivity index (χ2v) is 9.45. The number of hydrogen-bond donors (Lipinski definition) is 7. The van der Waals surface area contributed by atoms with Gasteiger partial charge in [-0.25, -0.2) is 0 Å². The van der Waals surface area contributed by atoms with Gasteiger partial charge in [0, 0.05) is 30.7 Å². The van der Waals surface area contributed by atoms with Crippen LogP contribution >= 0.6 is 0 Å². The third-order valence-corrected chi connectivity index (χ3v) is 6.50. The Hall–Kier alpha value is -5.58. The highest BCUT2D eigenvalue weighted by atomic mass is 16.5. The van der Waals surface area contributed by atoms with E-state index in [2.05, 4.69) is 0 Å². The summed E-state index contributed by atoms with van der Waals surface area (Å²) in [5, 5.41) is 66.6. The zero-order valence-corrected chi connectivity index (χ0v) is 22.3. The highest BCUT2D eigenvalue weighted by Crippen LogP contribution is 2.42. The molecule has 0 radical (unpaired) electrons. The van der Waals surface area contributed by atoms with E-state index in [0.29, 0.717) is 17.7 Å². The first-order valence-electron chi connectivity index (χ1n) is 12.7. The van der Waals surface area contributed by atoms with Gasteiger partial charge in [0.15, 0.2) is 23.1 Å². The molecule has 0 amide bonds. The molecule has 1 aliphatic heterocycles. The number of benzene rings is 4. The molecule has 218 valence electrons. The van der Waals surface area contributed by atoms with Crippen LogP contribution in [0.3, 0.4) is 0 Å². The summed E-state index contributed by atoms with van der Waals surface area (Å²) in [5.41, 5.74) is 1.32. The number of carbonyl (C=O) groups is 2. The lowest BCUT2D eigenvalue weighted by molar-refractivity contribution is 0.0843. The van der Waals surface area contributed by atoms with Crippen molar-refractivity contribution in [2.45, 2.75) is 25.4 Å². The Morgan fingerprint density at radius 2 is 1.40 bits per heavy atom. The minimum atomic E-state index is -0.613. The van der Waals surface area contributed by atoms with Crippen LogP contribution in [0.2, 0.25) is 0 Å². The van der Waals surface area contributed by atoms with Crippen molar-refractivity contribution in [1.82, 2.24) is 0 Å². The molecule has 0 aliphatic carbocycles. The number of carbonyl (C=O) groups excluding carboxylic acids is 2. The van der Waals surface area contributed by atoms with Crippen molar-refractivity contribution in [1.29, 1.82) is 0 Å². The fraction of sp³-hybridized carbons (Fsp3) is 0.161. The lowest BCUT2D eigenvalue weighted by Gasteiger charge is -2.26. The zero-order chi connectivity index (χ0) is 30.6. The molecule has 11 nitrogen and oxygen atoms in total. The third kappa shape index (κ3) is 6.58. The van der Waals surface area contributed by atoms with Gasteiger partial charge in [0.2, 0.25) is 0 Å². The van der Waals surface area contributed by atoms with Gasteiger partial charge in [0.1, 0.15) is 57.5 Å². The molecule has 0 spiro atoms. The molecule has 0 aromatic heterocycles. The molecule has 4 aromatic rings. The highest BCUT2D eigenvalue weighted by Gasteiger charge is 2.31. The summed E-state index contributed by atoms with van der Waals surface area (Å²) in [4.78, 5) is 24.2. The number of aryl methyl sites for hydroxylation is 1. The Morgan fingerprint density at radius 1 is 0.786 bits per heavy atom. The molecule has 1 aliphatic rings. The van der Waals surface area contributed by atoms with Crippen LogP contribution in [0.4, 0.5) is 0 Å². The van der Waals surface area contributed by atoms with Crippen molar-refractivity contribution in [3.63, 3.8) is 0 Å². The number of fused-ring (bicyclic) bond motifs is 1. The molecule has 11 heteroatoms. The number of methoxy groups -OCH3 is 1. The number of rotatable bonds is 6. The van der Waals surface area contributed by atoms with Crippen molar-refractivity contribution < 1.29 is 54.8 Å². The molecule has 0 saturated heterocycles. The van der Waals surface area contributed by atoms with Crippen molar-refractivity contribution in [3.05, 3.63) is 89.0 Å². The van der Waals surface area contributed by atoms with Crippen LogP contribution in [-0.2, 0) is 6.42 Å². The fourth-order valence-electron chi connectivity index (χ4n) is 4.45. The smallest absolute Gasteiger partial charge is 0.174 e. The maximum absolute atomic E-state index is 12.2. The topological polar surface area (TPSA) is 194 Å². The SMILES string of the molecule is COc1ccc([C@@H]2CC(=O)c3c(O)cc(O)cc3O2)cc1O.O=C(CCc1ccc(O)cc1)c1c(O)cc(O)cc1O. The van der Waals surface area contributed by atoms with Gasteiger partial charge < -0.3 is 45.2 Å². The van der Waals surface area contributed by atoms with E-state index in [0.717, 1.165) is 23.8 Å². The van der Waals surface area contributed by atoms with E-state index >= 15 is 0 Å². The number of Topliss-reactive ketones (excluding diaryl/α,β-unsaturated/α-hetero) is 2. The minimum absolute atomic E-state index is 0.0249. The van der Waals surface area contributed by atoms with Crippen molar-refractivity contribution in [2.24, 2.45) is 0 Å². The van der Waals surface area contributed by atoms with Crippen LogP contribution in [0, 0.1) is 0 Å². The monoisotopic (exact) mass is 576 g/mol. The maximum Gasteiger partial charge on any atom is 0.174 e. The summed E-state index contributed by atoms with van der Waals surface area (Å²) in [6, 6.07) is 15.6. The Bertz CT molecular complexity index is 1600. The standard InChI is InChI=1S/C16H14O6.C15H14O5/c1-21-13-3-2-8(4-10(13)18)14-7-12(20)16-11(19)5-9(17)6-15(16)22-14;16-10-4-1-9(2-5-10)3-6-12(18)15-13(19)7-11(17)8-14(15)20/h2-6,14,17-19H,7H2,1H3;1-2,4-5,7-8,16-17,19-20H,3,6H2/t14-;/m0./s1. The maximum atomic E-state index is 12.2. The Labute approximate surface area is 239 Å². The van der Waals surface area contributed by atoms with Crippen molar-refractivity contribution >= 4 is 11.6 Å². The molecule has 0 unspecified atom stereocenters. The van der Waals surface area contributed by atoms with Gasteiger partial charge in [-0.05, 0) is 41.8 Å². The van der Waals surface area contributed by atoms with Crippen molar-refractivity contribution in [2.75, 3.05) is 7.11 Å². The summed E-state index contributed by atoms with van der Waals surface area (Å²) in [6.07, 6.45) is -0.0786. The van der Waals surface area contributed by atoms with Gasteiger partial charge in [-0.1, -0.05) is 18.2 Å². The average molecular weight is 577 g/mol. The van der Waals surface area contributed by atoms with Gasteiger partial charge in [-0.2, -0.15) is 0 Å². The second kappa shape index (κ2) is 12.3. The predicted octanol–water partition coefficient (Wildman–Crippen LogP) is 4.84. The summed E-state index contributed by atoms with van der Waals surface area (Å²) in [5.74, 6) is -1.89. The predicted molar refractivity (Wildman–Crippen MR) is 149 cm³/mol. The molecule has 7 N–H and O–H groups in total. The first-order valence-corrected chi connectivity index (χ1v) is 12.7. The minimum Gasteiger partial charge on any atom is -0.508 e. The van der Waals surface area contributed by atoms with E-state index < -0.39 is 23.4 Å². The summed E-state index contributed by atoms with van der Waals surface area (Å²) >= 11 is 0. The summed E-state index contributed by atoms with van der Waals surface area (Å²) in [6.45, 7) is 0. The van der Waals surface area contributed by atoms with Crippen LogP contribution in [0.5, 0.6) is 51.7 Å². The number of phenolic OH excluding ortho intramolecular Hbond substituents is 7. The number of phenols is 7. The van der Waals surface area contributed by atoms with Crippen LogP contribution in [-0.4, -0.2) is 54.4 Å². The molecular formula is C31H28O11. The molecule has 0 fully saturated rings. The highest BCUT2D eigenvalue weighted by molar-refractivity contribution is 6.03. The van der Waals surface area contributed by atoms with Crippen LogP contribution in [0.25, 0.3) is 0 Å². The summed E-state index contributed by atoms with van der Waals surface area (Å²) < 4.78 is 10.7. The van der Waals surface area contributed by atoms with E-state index in [1.165, 1.54) is 31.4 Å². The molecule has 4 aromatic carbocycles. The van der Waals surface area contributed by atoms with E-state index in [4.69, 9.17) is 14.6 Å². The molecule has 42 heavy (non-hydrogen) atoms. The van der Waals surface area contributed by atoms with E-state index in [1.807, 2.05) is 0 Å². The van der Waals surface area contributed by atoms with E-state index in [1.54, 1.807) is 24.3 Å². The molecule has 5 rings (SSSR count). The summed E-state index contributed by atoms with van der Waals surface area (Å²) in [7, 11) is 1.44. The lowest BCUT2D eigenvalue weighted by atomic mass is 9.95. The van der Waals surface area contributed by atoms with E-state index in [-0.39, 0.29) is 64.2 Å². The number of ketones is 2. The zero-order valence-electron chi connectivity index (χ0n) is 22.3. The Morgan fingerprint density at radius 3 is 2.02 bits per heavy atom. The van der Waals surface area contributed by atoms with Crippen LogP contribution in [0.1, 0.15) is 50.8 Å². The Kier molecular flexibility index (Phi) is 8.61. The molecule has 1 atom stereocenters. The van der Waals surface area contributed by atoms with Gasteiger partial charge in [-0.15, -0.1) is 0 Å².